The van der Waals surface area contributed by atoms with E-state index >= 15 is 0 Å². The Labute approximate surface area is 147 Å². The molecule has 1 rings (SSSR count). The fourth-order valence-electron chi connectivity index (χ4n) is 1.97. The average molecular weight is 357 g/mol. The number of carbonyl (C=O) groups excluding carboxylic acids is 2. The lowest BCUT2D eigenvalue weighted by atomic mass is 10.1. The highest BCUT2D eigenvalue weighted by Gasteiger charge is 2.46. The quantitative estimate of drug-likeness (QED) is 0.645. The Bertz CT molecular complexity index is 588. The maximum absolute atomic E-state index is 12.4. The van der Waals surface area contributed by atoms with Gasteiger partial charge in [-0.05, 0) is 54.0 Å². The zero-order chi connectivity index (χ0) is 19.6. The normalized spacial score (nSPS) is 20.9. The number of rotatable bonds is 4. The number of hydrogen-bond donors (Lipinski definition) is 3. The van der Waals surface area contributed by atoms with Crippen molar-refractivity contribution in [2.24, 2.45) is 5.73 Å². The molecule has 1 atom stereocenters. The molecule has 0 bridgehead atoms. The average Bonchev–Trinajstić information content (AvgIpc) is 2.71. The molecular formula is C16H27N3O6. The van der Waals surface area contributed by atoms with Crippen LogP contribution in [0.5, 0.6) is 0 Å². The van der Waals surface area contributed by atoms with Gasteiger partial charge in [-0.1, -0.05) is 0 Å². The summed E-state index contributed by atoms with van der Waals surface area (Å²) in [6.07, 6.45) is 0.245. The summed E-state index contributed by atoms with van der Waals surface area (Å²) in [6.45, 7) is 10.1. The number of aliphatic carboxylic acids is 1. The summed E-state index contributed by atoms with van der Waals surface area (Å²) < 4.78 is 10.5. The van der Waals surface area contributed by atoms with Crippen LogP contribution >= 0.6 is 0 Å². The number of hydrogen-bond acceptors (Lipinski definition) is 7. The molecule has 0 aromatic heterocycles. The van der Waals surface area contributed by atoms with E-state index in [1.54, 1.807) is 41.5 Å². The van der Waals surface area contributed by atoms with Gasteiger partial charge in [0.25, 0.3) is 0 Å². The van der Waals surface area contributed by atoms with Crippen LogP contribution in [0.2, 0.25) is 0 Å². The Hall–Kier alpha value is -2.13. The zero-order valence-corrected chi connectivity index (χ0v) is 15.5. The molecule has 1 aliphatic rings. The van der Waals surface area contributed by atoms with Crippen molar-refractivity contribution in [1.29, 1.82) is 0 Å². The van der Waals surface area contributed by atoms with Crippen LogP contribution in [0.1, 0.15) is 54.4 Å². The van der Waals surface area contributed by atoms with Crippen molar-refractivity contribution in [3.05, 3.63) is 11.8 Å². The van der Waals surface area contributed by atoms with Gasteiger partial charge >= 0.3 is 18.0 Å². The number of hydrazine groups is 1. The van der Waals surface area contributed by atoms with Gasteiger partial charge in [0.05, 0.1) is 6.42 Å². The van der Waals surface area contributed by atoms with Crippen LogP contribution in [0.4, 0.5) is 4.79 Å². The van der Waals surface area contributed by atoms with Gasteiger partial charge in [0, 0.05) is 5.70 Å². The summed E-state index contributed by atoms with van der Waals surface area (Å²) in [5.41, 5.74) is 5.48. The first-order valence-corrected chi connectivity index (χ1v) is 7.90. The van der Waals surface area contributed by atoms with Crippen LogP contribution in [0.25, 0.3) is 0 Å². The number of carboxylic acid groups (broad SMARTS) is 1. The molecule has 9 nitrogen and oxygen atoms in total. The summed E-state index contributed by atoms with van der Waals surface area (Å²) in [4.78, 5) is 35.6. The van der Waals surface area contributed by atoms with E-state index in [0.29, 0.717) is 0 Å². The monoisotopic (exact) mass is 357 g/mol. The van der Waals surface area contributed by atoms with Gasteiger partial charge in [0.15, 0.2) is 0 Å². The number of nitrogens with zero attached hydrogens (tertiary/aromatic N) is 1. The van der Waals surface area contributed by atoms with Crippen molar-refractivity contribution in [1.82, 2.24) is 10.4 Å². The van der Waals surface area contributed by atoms with Gasteiger partial charge in [0.1, 0.15) is 11.2 Å². The molecule has 0 spiro atoms. The minimum atomic E-state index is -1.79. The molecule has 0 saturated carbocycles. The Morgan fingerprint density at radius 1 is 1.16 bits per heavy atom. The van der Waals surface area contributed by atoms with Gasteiger partial charge in [-0.2, -0.15) is 5.43 Å². The number of nitrogens with one attached hydrogen (secondary N) is 1. The predicted octanol–water partition coefficient (Wildman–Crippen LogP) is 1.49. The predicted molar refractivity (Wildman–Crippen MR) is 88.9 cm³/mol. The fourth-order valence-corrected chi connectivity index (χ4v) is 1.97. The molecule has 25 heavy (non-hydrogen) atoms. The molecule has 4 N–H and O–H groups in total. The van der Waals surface area contributed by atoms with Gasteiger partial charge in [-0.25, -0.2) is 14.6 Å². The van der Waals surface area contributed by atoms with E-state index in [1.165, 1.54) is 6.08 Å². The maximum atomic E-state index is 12.4. The van der Waals surface area contributed by atoms with E-state index in [0.717, 1.165) is 5.01 Å². The number of carbonyl (C=O) groups is 3. The minimum absolute atomic E-state index is 0.0106. The lowest BCUT2D eigenvalue weighted by molar-refractivity contribution is -0.161. The fraction of sp³-hybridized carbons (Fsp3) is 0.688. The SMILES string of the molecule is CC(C)(C)OC(=O)N1NC(N)(C(=O)OC(C)(C)C)C=C1CCC(=O)O. The molecule has 142 valence electrons. The number of allylic oxidation sites excluding steroid dienone is 1. The Morgan fingerprint density at radius 2 is 1.68 bits per heavy atom. The smallest absolute Gasteiger partial charge is 0.429 e. The highest BCUT2D eigenvalue weighted by Crippen LogP contribution is 2.26. The first kappa shape index (κ1) is 20.9. The summed E-state index contributed by atoms with van der Waals surface area (Å²) in [7, 11) is 0. The molecule has 9 heteroatoms. The Morgan fingerprint density at radius 3 is 2.12 bits per heavy atom. The van der Waals surface area contributed by atoms with Crippen molar-refractivity contribution in [2.45, 2.75) is 71.2 Å². The zero-order valence-electron chi connectivity index (χ0n) is 15.5. The summed E-state index contributed by atoms with van der Waals surface area (Å²) in [5, 5.41) is 9.83. The van der Waals surface area contributed by atoms with E-state index in [4.69, 9.17) is 20.3 Å². The van der Waals surface area contributed by atoms with Crippen molar-refractivity contribution in [3.63, 3.8) is 0 Å². The third-order valence-corrected chi connectivity index (χ3v) is 2.89. The standard InChI is InChI=1S/C16H27N3O6/c1-14(2,3)24-12(22)16(17)9-10(7-8-11(20)21)19(18-16)13(23)25-15(4,5)6/h9,18H,7-8,17H2,1-6H3,(H,20,21). The largest absolute Gasteiger partial charge is 0.481 e. The Balaban J connectivity index is 3.06. The van der Waals surface area contributed by atoms with Crippen LogP contribution in [-0.2, 0) is 19.1 Å². The van der Waals surface area contributed by atoms with Gasteiger partial charge in [-0.15, -0.1) is 0 Å². The second-order valence-electron chi connectivity index (χ2n) is 7.83. The molecule has 1 aliphatic heterocycles. The molecule has 1 unspecified atom stereocenters. The van der Waals surface area contributed by atoms with Crippen molar-refractivity contribution < 1.29 is 29.0 Å². The first-order chi connectivity index (χ1) is 11.1. The van der Waals surface area contributed by atoms with Crippen molar-refractivity contribution in [2.75, 3.05) is 0 Å². The van der Waals surface area contributed by atoms with Gasteiger partial charge < -0.3 is 14.6 Å². The second kappa shape index (κ2) is 7.01. The maximum Gasteiger partial charge on any atom is 0.429 e. The van der Waals surface area contributed by atoms with E-state index in [9.17, 15) is 14.4 Å². The molecular weight excluding hydrogens is 330 g/mol. The summed E-state index contributed by atoms with van der Waals surface area (Å²) in [6, 6.07) is 0. The number of carboxylic acids is 1. The first-order valence-electron chi connectivity index (χ1n) is 7.90. The molecule has 0 saturated heterocycles. The van der Waals surface area contributed by atoms with Crippen molar-refractivity contribution in [3.8, 4) is 0 Å². The number of amides is 1. The van der Waals surface area contributed by atoms with Crippen molar-refractivity contribution >= 4 is 18.0 Å². The second-order valence-corrected chi connectivity index (χ2v) is 7.83. The van der Waals surface area contributed by atoms with Crippen LogP contribution in [0.3, 0.4) is 0 Å². The number of nitrogens with two attached hydrogens (primary N) is 1. The molecule has 1 heterocycles. The third-order valence-electron chi connectivity index (χ3n) is 2.89. The van der Waals surface area contributed by atoms with E-state index in [1.807, 2.05) is 0 Å². The van der Waals surface area contributed by atoms with Crippen LogP contribution < -0.4 is 11.2 Å². The van der Waals surface area contributed by atoms with Gasteiger partial charge in [0.2, 0.25) is 5.66 Å². The summed E-state index contributed by atoms with van der Waals surface area (Å²) in [5.74, 6) is -1.84. The van der Waals surface area contributed by atoms with Crippen LogP contribution in [-0.4, -0.2) is 45.0 Å². The highest BCUT2D eigenvalue weighted by atomic mass is 16.6. The highest BCUT2D eigenvalue weighted by molar-refractivity contribution is 5.85. The van der Waals surface area contributed by atoms with E-state index < -0.39 is 34.9 Å². The number of ether oxygens (including phenoxy) is 2. The lowest BCUT2D eigenvalue weighted by Crippen LogP contribution is -2.62. The lowest BCUT2D eigenvalue weighted by Gasteiger charge is -2.30. The van der Waals surface area contributed by atoms with E-state index in [-0.39, 0.29) is 18.5 Å². The molecule has 0 aromatic rings. The Kier molecular flexibility index (Phi) is 5.86. The summed E-state index contributed by atoms with van der Waals surface area (Å²) >= 11 is 0. The van der Waals surface area contributed by atoms with Crippen LogP contribution in [0.15, 0.2) is 11.8 Å². The molecule has 1 amide bonds. The van der Waals surface area contributed by atoms with E-state index in [2.05, 4.69) is 5.43 Å². The third kappa shape index (κ3) is 6.35. The number of esters is 1. The molecule has 0 fully saturated rings. The topological polar surface area (TPSA) is 131 Å². The molecule has 0 aromatic carbocycles. The van der Waals surface area contributed by atoms with Gasteiger partial charge in [-0.3, -0.25) is 10.5 Å². The molecule has 0 aliphatic carbocycles. The minimum Gasteiger partial charge on any atom is -0.481 e. The van der Waals surface area contributed by atoms with Crippen LogP contribution in [0, 0.1) is 0 Å². The molecule has 0 radical (unpaired) electrons.